The molecule has 3 nitrogen and oxygen atoms in total. The van der Waals surface area contributed by atoms with Gasteiger partial charge in [0.2, 0.25) is 0 Å². The van der Waals surface area contributed by atoms with Crippen molar-refractivity contribution in [3.8, 4) is 0 Å². The molecule has 0 aromatic heterocycles. The second kappa shape index (κ2) is 13.4. The Bertz CT molecular complexity index is 1800. The summed E-state index contributed by atoms with van der Waals surface area (Å²) in [5, 5.41) is 3.66. The zero-order valence-electron chi connectivity index (χ0n) is 31.7. The van der Waals surface area contributed by atoms with E-state index in [-0.39, 0.29) is 11.1 Å². The first-order valence-corrected chi connectivity index (χ1v) is 20.4. The van der Waals surface area contributed by atoms with Gasteiger partial charge in [-0.15, -0.1) is 0 Å². The maximum absolute atomic E-state index is 4.57. The predicted molar refractivity (Wildman–Crippen MR) is 216 cm³/mol. The standard InChI is InChI=1S/C44H60N3S/c1-14-17-24-45-32(6)34-20-18-19-21-35(34)42-37-25-33(30(4)28-43(7,8)46(11)15-2)22-23-40(37)48(12,13)41-27-39-36(26-38(41)42)31(5)29-44(9,10)47(39)16-3/h18-21,23,25-29,45H,6,11,14-17,22,24H2,1-5,7-10,12-13H3/q+1/b30-28-. The van der Waals surface area contributed by atoms with Gasteiger partial charge in [0.1, 0.15) is 13.3 Å². The van der Waals surface area contributed by atoms with E-state index in [9.17, 15) is 0 Å². The van der Waals surface area contributed by atoms with Crippen LogP contribution >= 0.6 is 10.0 Å². The number of allylic oxidation sites excluding steroid dienone is 6. The highest BCUT2D eigenvalue weighted by atomic mass is 32.3. The van der Waals surface area contributed by atoms with Gasteiger partial charge in [0.25, 0.3) is 0 Å². The Labute approximate surface area is 293 Å². The summed E-state index contributed by atoms with van der Waals surface area (Å²) < 4.78 is 2.17. The molecule has 0 unspecified atom stereocenters. The molecule has 2 aliphatic heterocycles. The molecule has 0 amide bonds. The van der Waals surface area contributed by atoms with E-state index in [1.165, 1.54) is 65.6 Å². The van der Waals surface area contributed by atoms with Crippen LogP contribution in [0.25, 0.3) is 16.8 Å². The number of fused-ring (bicyclic) bond motifs is 3. The van der Waals surface area contributed by atoms with E-state index in [1.807, 2.05) is 0 Å². The summed E-state index contributed by atoms with van der Waals surface area (Å²) >= 11 is 0. The first kappa shape index (κ1) is 35.8. The largest absolute Gasteiger partial charge is 0.385 e. The number of hydrogen-bond acceptors (Lipinski definition) is 2. The van der Waals surface area contributed by atoms with Gasteiger partial charge in [-0.05, 0) is 135 Å². The fourth-order valence-electron chi connectivity index (χ4n) is 8.02. The molecule has 2 aromatic carbocycles. The molecule has 0 atom stereocenters. The van der Waals surface area contributed by atoms with Gasteiger partial charge >= 0.3 is 0 Å². The van der Waals surface area contributed by atoms with E-state index >= 15 is 0 Å². The van der Waals surface area contributed by atoms with Gasteiger partial charge in [0.15, 0.2) is 5.54 Å². The number of nitrogens with zero attached hydrogens (tertiary/aromatic N) is 2. The third kappa shape index (κ3) is 6.33. The van der Waals surface area contributed by atoms with E-state index in [1.54, 1.807) is 0 Å². The SMILES string of the molecule is C=C(NCCCC)c1ccccc1C1=C2C=C(/C(C)=C\C(C)(C)[N+](=C)CC)CC=C2S(C)(C)c2cc3c(cc21)C(C)=CC(C)(C)N3CC. The van der Waals surface area contributed by atoms with E-state index in [0.29, 0.717) is 0 Å². The van der Waals surface area contributed by atoms with Gasteiger partial charge in [0, 0.05) is 54.3 Å². The molecule has 5 rings (SSSR count). The molecule has 0 spiro atoms. The van der Waals surface area contributed by atoms with E-state index in [0.717, 1.165) is 44.6 Å². The normalized spacial score (nSPS) is 18.9. The minimum Gasteiger partial charge on any atom is -0.385 e. The molecule has 256 valence electrons. The number of hydrogen-bond donors (Lipinski definition) is 1. The number of likely N-dealkylation sites (N-methyl/N-ethyl adjacent to an activating group) is 2. The quantitative estimate of drug-likeness (QED) is 0.147. The van der Waals surface area contributed by atoms with E-state index in [4.69, 9.17) is 0 Å². The van der Waals surface area contributed by atoms with Crippen LogP contribution in [0.15, 0.2) is 93.8 Å². The number of rotatable bonds is 11. The molecule has 0 saturated heterocycles. The molecule has 0 saturated carbocycles. The highest BCUT2D eigenvalue weighted by Gasteiger charge is 2.39. The molecule has 1 N–H and O–H groups in total. The lowest BCUT2D eigenvalue weighted by atomic mass is 9.82. The highest BCUT2D eigenvalue weighted by Crippen LogP contribution is 2.67. The Morgan fingerprint density at radius 3 is 2.46 bits per heavy atom. The van der Waals surface area contributed by atoms with Crippen LogP contribution in [0, 0.1) is 0 Å². The lowest BCUT2D eigenvalue weighted by Gasteiger charge is -2.47. The van der Waals surface area contributed by atoms with Gasteiger partial charge in [-0.3, -0.25) is 0 Å². The topological polar surface area (TPSA) is 18.3 Å². The summed E-state index contributed by atoms with van der Waals surface area (Å²) in [6.45, 7) is 32.2. The van der Waals surface area contributed by atoms with Crippen LogP contribution in [0.2, 0.25) is 0 Å². The van der Waals surface area contributed by atoms with Crippen molar-refractivity contribution in [2.24, 2.45) is 0 Å². The van der Waals surface area contributed by atoms with Gasteiger partial charge < -0.3 is 10.2 Å². The van der Waals surface area contributed by atoms with E-state index < -0.39 is 10.0 Å². The first-order valence-electron chi connectivity index (χ1n) is 17.9. The Morgan fingerprint density at radius 2 is 1.79 bits per heavy atom. The molecular formula is C44H60N3S+. The zero-order valence-corrected chi connectivity index (χ0v) is 32.5. The van der Waals surface area contributed by atoms with Gasteiger partial charge in [-0.2, -0.15) is 10.0 Å². The Morgan fingerprint density at radius 1 is 1.08 bits per heavy atom. The lowest BCUT2D eigenvalue weighted by Crippen LogP contribution is -2.45. The van der Waals surface area contributed by atoms with Crippen molar-refractivity contribution in [2.45, 2.75) is 97.5 Å². The molecule has 4 heteroatoms. The Hall–Kier alpha value is -3.50. The monoisotopic (exact) mass is 662 g/mol. The minimum atomic E-state index is -1.32. The number of unbranched alkanes of at least 4 members (excludes halogenated alkanes) is 1. The summed E-state index contributed by atoms with van der Waals surface area (Å²) in [6.07, 6.45) is 18.2. The lowest BCUT2D eigenvalue weighted by molar-refractivity contribution is -0.577. The maximum atomic E-state index is 4.57. The van der Waals surface area contributed by atoms with Crippen LogP contribution in [-0.2, 0) is 0 Å². The molecule has 0 fully saturated rings. The summed E-state index contributed by atoms with van der Waals surface area (Å²) in [6, 6.07) is 14.0. The van der Waals surface area contributed by atoms with Crippen molar-refractivity contribution in [2.75, 3.05) is 37.0 Å². The van der Waals surface area contributed by atoms with Crippen LogP contribution < -0.4 is 10.2 Å². The number of nitrogens with one attached hydrogen (secondary N) is 1. The summed E-state index contributed by atoms with van der Waals surface area (Å²) in [7, 11) is -1.32. The average Bonchev–Trinajstić information content (AvgIpc) is 3.03. The van der Waals surface area contributed by atoms with Crippen molar-refractivity contribution in [1.29, 1.82) is 0 Å². The second-order valence-electron chi connectivity index (χ2n) is 15.3. The Balaban J connectivity index is 1.84. The highest BCUT2D eigenvalue weighted by molar-refractivity contribution is 8.36. The fourth-order valence-corrected chi connectivity index (χ4v) is 10.6. The van der Waals surface area contributed by atoms with Gasteiger partial charge in [-0.25, -0.2) is 4.58 Å². The molecule has 2 aromatic rings. The average molecular weight is 663 g/mol. The predicted octanol–water partition coefficient (Wildman–Crippen LogP) is 11.0. The number of benzene rings is 2. The molecule has 0 radical (unpaired) electrons. The molecular weight excluding hydrogens is 603 g/mol. The van der Waals surface area contributed by atoms with Crippen LogP contribution in [-0.4, -0.2) is 54.5 Å². The van der Waals surface area contributed by atoms with Gasteiger partial charge in [0.05, 0.1) is 5.54 Å². The third-order valence-corrected chi connectivity index (χ3v) is 13.7. The maximum Gasteiger partial charge on any atom is 0.175 e. The van der Waals surface area contributed by atoms with Crippen LogP contribution in [0.5, 0.6) is 0 Å². The van der Waals surface area contributed by atoms with Crippen molar-refractivity contribution in [3.05, 3.63) is 111 Å². The smallest absolute Gasteiger partial charge is 0.175 e. The first-order chi connectivity index (χ1) is 22.6. The molecule has 2 heterocycles. The van der Waals surface area contributed by atoms with E-state index in [2.05, 4.69) is 164 Å². The third-order valence-electron chi connectivity index (χ3n) is 10.8. The van der Waals surface area contributed by atoms with Crippen molar-refractivity contribution < 1.29 is 4.58 Å². The van der Waals surface area contributed by atoms with Crippen molar-refractivity contribution in [1.82, 2.24) is 5.32 Å². The minimum absolute atomic E-state index is 0.0344. The van der Waals surface area contributed by atoms with Crippen LogP contribution in [0.1, 0.15) is 104 Å². The van der Waals surface area contributed by atoms with Crippen molar-refractivity contribution >= 4 is 39.3 Å². The second-order valence-corrected chi connectivity index (χ2v) is 18.8. The summed E-state index contributed by atoms with van der Waals surface area (Å²) in [4.78, 5) is 5.57. The Kier molecular flexibility index (Phi) is 10.0. The number of anilines is 1. The molecule has 3 aliphatic rings. The summed E-state index contributed by atoms with van der Waals surface area (Å²) in [5.41, 5.74) is 14.1. The molecule has 48 heavy (non-hydrogen) atoms. The van der Waals surface area contributed by atoms with Crippen LogP contribution in [0.3, 0.4) is 0 Å². The molecule has 1 aliphatic carbocycles. The zero-order chi connectivity index (χ0) is 35.2. The van der Waals surface area contributed by atoms with Crippen molar-refractivity contribution in [3.63, 3.8) is 0 Å². The summed E-state index contributed by atoms with van der Waals surface area (Å²) in [5.74, 6) is 0. The van der Waals surface area contributed by atoms with Gasteiger partial charge in [-0.1, -0.05) is 56.3 Å². The fraction of sp³-hybridized carbons (Fsp3) is 0.432. The van der Waals surface area contributed by atoms with Crippen LogP contribution in [0.4, 0.5) is 5.69 Å². The molecule has 0 bridgehead atoms.